The third-order valence-corrected chi connectivity index (χ3v) is 2.52. The fourth-order valence-corrected chi connectivity index (χ4v) is 1.55. The lowest BCUT2D eigenvalue weighted by Crippen LogP contribution is -2.08. The molecular weight excluding hydrogens is 222 g/mol. The molecular formula is C10H15ClF2N2. The van der Waals surface area contributed by atoms with Crippen LogP contribution in [0.4, 0.5) is 8.78 Å². The Labute approximate surface area is 93.2 Å². The molecule has 1 aromatic rings. The lowest BCUT2D eigenvalue weighted by atomic mass is 10.1. The summed E-state index contributed by atoms with van der Waals surface area (Å²) >= 11 is 5.57. The summed E-state index contributed by atoms with van der Waals surface area (Å²) in [4.78, 5) is 0. The minimum Gasteiger partial charge on any atom is -0.263 e. The van der Waals surface area contributed by atoms with Gasteiger partial charge in [-0.05, 0) is 12.3 Å². The second kappa shape index (κ2) is 5.45. The molecule has 0 aliphatic rings. The Balaban J connectivity index is 2.82. The van der Waals surface area contributed by atoms with Crippen LogP contribution in [0.2, 0.25) is 0 Å². The first kappa shape index (κ1) is 12.4. The van der Waals surface area contributed by atoms with Crippen molar-refractivity contribution in [1.82, 2.24) is 9.78 Å². The number of alkyl halides is 3. The van der Waals surface area contributed by atoms with Crippen molar-refractivity contribution in [2.45, 2.75) is 39.1 Å². The maximum atomic E-state index is 12.7. The third-order valence-electron chi connectivity index (χ3n) is 2.23. The van der Waals surface area contributed by atoms with Crippen LogP contribution in [-0.2, 0) is 12.4 Å². The van der Waals surface area contributed by atoms with Crippen molar-refractivity contribution in [3.8, 4) is 0 Å². The normalized spacial score (nSPS) is 11.7. The fraction of sp³-hybridized carbons (Fsp3) is 0.700. The molecule has 1 heterocycles. The standard InChI is InChI=1S/C10H15ClF2N2/c1-7(2)3-4-15-9(10(12)13)8(5-11)6-14-15/h6-7,10H,3-5H2,1-2H3. The lowest BCUT2D eigenvalue weighted by Gasteiger charge is -2.09. The van der Waals surface area contributed by atoms with E-state index >= 15 is 0 Å². The zero-order chi connectivity index (χ0) is 11.4. The highest BCUT2D eigenvalue weighted by Crippen LogP contribution is 2.24. The average molecular weight is 237 g/mol. The molecule has 0 unspecified atom stereocenters. The number of halogens is 3. The molecule has 86 valence electrons. The van der Waals surface area contributed by atoms with Crippen molar-refractivity contribution in [3.05, 3.63) is 17.5 Å². The van der Waals surface area contributed by atoms with Gasteiger partial charge in [0.05, 0.1) is 12.1 Å². The predicted molar refractivity (Wildman–Crippen MR) is 56.2 cm³/mol. The molecule has 0 aromatic carbocycles. The average Bonchev–Trinajstić information content (AvgIpc) is 2.57. The van der Waals surface area contributed by atoms with Crippen LogP contribution in [0.5, 0.6) is 0 Å². The highest BCUT2D eigenvalue weighted by atomic mass is 35.5. The molecule has 0 N–H and O–H groups in total. The van der Waals surface area contributed by atoms with Gasteiger partial charge in [-0.3, -0.25) is 4.68 Å². The molecule has 0 aliphatic carbocycles. The van der Waals surface area contributed by atoms with Crippen molar-refractivity contribution in [3.63, 3.8) is 0 Å². The first-order valence-electron chi connectivity index (χ1n) is 4.95. The summed E-state index contributed by atoms with van der Waals surface area (Å²) in [5.41, 5.74) is 0.390. The quantitative estimate of drug-likeness (QED) is 0.715. The molecule has 0 atom stereocenters. The second-order valence-corrected chi connectivity index (χ2v) is 4.16. The van der Waals surface area contributed by atoms with Gasteiger partial charge in [-0.15, -0.1) is 11.6 Å². The minimum absolute atomic E-state index is 0.0364. The van der Waals surface area contributed by atoms with E-state index in [1.165, 1.54) is 10.9 Å². The zero-order valence-corrected chi connectivity index (χ0v) is 9.64. The highest BCUT2D eigenvalue weighted by molar-refractivity contribution is 6.17. The van der Waals surface area contributed by atoms with E-state index < -0.39 is 6.43 Å². The molecule has 0 aliphatic heterocycles. The van der Waals surface area contributed by atoms with Gasteiger partial charge in [0.2, 0.25) is 0 Å². The van der Waals surface area contributed by atoms with Crippen LogP contribution >= 0.6 is 11.6 Å². The van der Waals surface area contributed by atoms with E-state index in [1.54, 1.807) is 0 Å². The van der Waals surface area contributed by atoms with Gasteiger partial charge in [0.25, 0.3) is 6.43 Å². The Bertz CT molecular complexity index is 310. The van der Waals surface area contributed by atoms with E-state index in [-0.39, 0.29) is 11.6 Å². The largest absolute Gasteiger partial charge is 0.280 e. The van der Waals surface area contributed by atoms with Gasteiger partial charge in [-0.1, -0.05) is 13.8 Å². The molecule has 5 heteroatoms. The molecule has 0 amide bonds. The topological polar surface area (TPSA) is 17.8 Å². The van der Waals surface area contributed by atoms with E-state index in [0.717, 1.165) is 6.42 Å². The number of hydrogen-bond donors (Lipinski definition) is 0. The first-order valence-corrected chi connectivity index (χ1v) is 5.48. The van der Waals surface area contributed by atoms with Crippen molar-refractivity contribution >= 4 is 11.6 Å². The van der Waals surface area contributed by atoms with Crippen LogP contribution < -0.4 is 0 Å². The van der Waals surface area contributed by atoms with E-state index in [0.29, 0.717) is 18.0 Å². The van der Waals surface area contributed by atoms with Crippen molar-refractivity contribution < 1.29 is 8.78 Å². The molecule has 2 nitrogen and oxygen atoms in total. The summed E-state index contributed by atoms with van der Waals surface area (Å²) in [5.74, 6) is 0.556. The maximum absolute atomic E-state index is 12.7. The fourth-order valence-electron chi connectivity index (χ4n) is 1.35. The van der Waals surface area contributed by atoms with Crippen LogP contribution in [0.3, 0.4) is 0 Å². The van der Waals surface area contributed by atoms with Gasteiger partial charge in [0.15, 0.2) is 0 Å². The Kier molecular flexibility index (Phi) is 4.51. The number of aromatic nitrogens is 2. The van der Waals surface area contributed by atoms with Crippen molar-refractivity contribution in [1.29, 1.82) is 0 Å². The van der Waals surface area contributed by atoms with Crippen LogP contribution in [0.15, 0.2) is 6.20 Å². The lowest BCUT2D eigenvalue weighted by molar-refractivity contribution is 0.137. The van der Waals surface area contributed by atoms with Crippen molar-refractivity contribution in [2.75, 3.05) is 0 Å². The van der Waals surface area contributed by atoms with E-state index in [9.17, 15) is 8.78 Å². The first-order chi connectivity index (χ1) is 7.06. The Hall–Kier alpha value is -0.640. The van der Waals surface area contributed by atoms with Crippen molar-refractivity contribution in [2.24, 2.45) is 5.92 Å². The third kappa shape index (κ3) is 3.16. The molecule has 0 spiro atoms. The number of hydrogen-bond acceptors (Lipinski definition) is 1. The van der Waals surface area contributed by atoms with E-state index in [2.05, 4.69) is 5.10 Å². The molecule has 1 aromatic heterocycles. The van der Waals surface area contributed by atoms with Crippen LogP contribution in [0.25, 0.3) is 0 Å². The highest BCUT2D eigenvalue weighted by Gasteiger charge is 2.19. The van der Waals surface area contributed by atoms with Gasteiger partial charge >= 0.3 is 0 Å². The zero-order valence-electron chi connectivity index (χ0n) is 8.88. The minimum atomic E-state index is -2.51. The number of aryl methyl sites for hydroxylation is 1. The molecule has 0 bridgehead atoms. The SMILES string of the molecule is CC(C)CCn1ncc(CCl)c1C(F)F. The number of nitrogens with zero attached hydrogens (tertiary/aromatic N) is 2. The van der Waals surface area contributed by atoms with Gasteiger partial charge < -0.3 is 0 Å². The smallest absolute Gasteiger partial charge is 0.263 e. The molecule has 0 radical (unpaired) electrons. The van der Waals surface area contributed by atoms with Gasteiger partial charge in [0.1, 0.15) is 5.69 Å². The van der Waals surface area contributed by atoms with Gasteiger partial charge in [-0.2, -0.15) is 5.10 Å². The maximum Gasteiger partial charge on any atom is 0.280 e. The van der Waals surface area contributed by atoms with Gasteiger partial charge in [-0.25, -0.2) is 8.78 Å². The van der Waals surface area contributed by atoms with E-state index in [1.807, 2.05) is 13.8 Å². The monoisotopic (exact) mass is 236 g/mol. The molecule has 0 saturated carbocycles. The van der Waals surface area contributed by atoms with Crippen LogP contribution in [0, 0.1) is 5.92 Å². The predicted octanol–water partition coefficient (Wildman–Crippen LogP) is 3.61. The van der Waals surface area contributed by atoms with Gasteiger partial charge in [0, 0.05) is 12.1 Å². The Morgan fingerprint density at radius 2 is 2.13 bits per heavy atom. The molecule has 0 saturated heterocycles. The summed E-state index contributed by atoms with van der Waals surface area (Å²) in [7, 11) is 0. The summed E-state index contributed by atoms with van der Waals surface area (Å²) in [6, 6.07) is 0. The Morgan fingerprint density at radius 3 is 2.60 bits per heavy atom. The molecule has 1 rings (SSSR count). The summed E-state index contributed by atoms with van der Waals surface area (Å²) < 4.78 is 26.8. The molecule has 15 heavy (non-hydrogen) atoms. The summed E-state index contributed by atoms with van der Waals surface area (Å²) in [5, 5.41) is 3.93. The second-order valence-electron chi connectivity index (χ2n) is 3.90. The summed E-state index contributed by atoms with van der Waals surface area (Å²) in [6.07, 6.45) is -0.244. The summed E-state index contributed by atoms with van der Waals surface area (Å²) in [6.45, 7) is 4.62. The molecule has 0 fully saturated rings. The van der Waals surface area contributed by atoms with E-state index in [4.69, 9.17) is 11.6 Å². The number of rotatable bonds is 5. The van der Waals surface area contributed by atoms with Crippen LogP contribution in [-0.4, -0.2) is 9.78 Å². The van der Waals surface area contributed by atoms with Crippen LogP contribution in [0.1, 0.15) is 38.0 Å². The Morgan fingerprint density at radius 1 is 1.47 bits per heavy atom.